The summed E-state index contributed by atoms with van der Waals surface area (Å²) >= 11 is 5.78. The molecule has 1 aliphatic rings. The molecule has 1 aromatic carbocycles. The lowest BCUT2D eigenvalue weighted by molar-refractivity contribution is -0.123. The summed E-state index contributed by atoms with van der Waals surface area (Å²) in [6.07, 6.45) is -0.689. The first-order valence-corrected chi connectivity index (χ1v) is 4.98. The summed E-state index contributed by atoms with van der Waals surface area (Å²) in [5.41, 5.74) is 0.389. The molecule has 0 saturated carbocycles. The average Bonchev–Trinajstić information content (AvgIpc) is 2.28. The number of fused-ring (bicyclic) bond motifs is 1. The zero-order valence-electron chi connectivity index (χ0n) is 8.12. The van der Waals surface area contributed by atoms with Crippen molar-refractivity contribution in [2.45, 2.75) is 19.4 Å². The van der Waals surface area contributed by atoms with Gasteiger partial charge in [0.25, 0.3) is 0 Å². The fraction of sp³-hybridized carbons (Fsp3) is 0.273. The molecule has 1 aromatic rings. The number of carbonyl (C=O) groups excluding carboxylic acids is 2. The maximum absolute atomic E-state index is 11.7. The van der Waals surface area contributed by atoms with Crippen LogP contribution in [-0.2, 0) is 4.79 Å². The van der Waals surface area contributed by atoms with E-state index in [2.05, 4.69) is 0 Å². The van der Waals surface area contributed by atoms with Crippen LogP contribution in [0.15, 0.2) is 18.2 Å². The minimum absolute atomic E-state index is 0.117. The molecule has 0 aromatic heterocycles. The number of Topliss-reactive ketones (excluding diaryl/α,β-unsaturated/α-hetero) is 2. The Balaban J connectivity index is 2.51. The zero-order valence-corrected chi connectivity index (χ0v) is 8.88. The lowest BCUT2D eigenvalue weighted by atomic mass is 10.1. The largest absolute Gasteiger partial charge is 0.482 e. The van der Waals surface area contributed by atoms with E-state index >= 15 is 0 Å². The number of ether oxygens (including phenoxy) is 1. The van der Waals surface area contributed by atoms with Crippen molar-refractivity contribution >= 4 is 23.2 Å². The highest BCUT2D eigenvalue weighted by Gasteiger charge is 2.26. The molecule has 1 heterocycles. The molecule has 0 aliphatic carbocycles. The number of rotatable bonds is 0. The van der Waals surface area contributed by atoms with E-state index in [9.17, 15) is 9.59 Å². The molecule has 0 bridgehead atoms. The highest BCUT2D eigenvalue weighted by molar-refractivity contribution is 6.31. The van der Waals surface area contributed by atoms with Gasteiger partial charge < -0.3 is 4.74 Å². The molecule has 1 atom stereocenters. The predicted octanol–water partition coefficient (Wildman–Crippen LogP) is 2.26. The number of ketones is 2. The molecule has 1 aliphatic heterocycles. The van der Waals surface area contributed by atoms with E-state index in [0.717, 1.165) is 0 Å². The quantitative estimate of drug-likeness (QED) is 0.635. The van der Waals surface area contributed by atoms with Crippen LogP contribution < -0.4 is 4.74 Å². The third-order valence-corrected chi connectivity index (χ3v) is 2.57. The van der Waals surface area contributed by atoms with Gasteiger partial charge in [0.15, 0.2) is 17.7 Å². The van der Waals surface area contributed by atoms with Crippen LogP contribution in [0.2, 0.25) is 5.02 Å². The topological polar surface area (TPSA) is 43.4 Å². The van der Waals surface area contributed by atoms with Crippen molar-refractivity contribution < 1.29 is 14.3 Å². The Kier molecular flexibility index (Phi) is 2.49. The first-order chi connectivity index (χ1) is 7.08. The van der Waals surface area contributed by atoms with Crippen LogP contribution in [-0.4, -0.2) is 17.7 Å². The van der Waals surface area contributed by atoms with E-state index in [1.807, 2.05) is 0 Å². The molecule has 0 spiro atoms. The van der Waals surface area contributed by atoms with Crippen molar-refractivity contribution in [3.8, 4) is 5.75 Å². The smallest absolute Gasteiger partial charge is 0.180 e. The summed E-state index contributed by atoms with van der Waals surface area (Å²) in [7, 11) is 0. The zero-order chi connectivity index (χ0) is 11.0. The van der Waals surface area contributed by atoms with Gasteiger partial charge in [0.1, 0.15) is 5.75 Å². The van der Waals surface area contributed by atoms with Gasteiger partial charge in [-0.15, -0.1) is 0 Å². The third kappa shape index (κ3) is 1.88. The molecule has 0 fully saturated rings. The van der Waals surface area contributed by atoms with Gasteiger partial charge in [-0.1, -0.05) is 11.6 Å². The van der Waals surface area contributed by atoms with Crippen molar-refractivity contribution in [1.29, 1.82) is 0 Å². The Bertz CT molecular complexity index is 439. The normalized spacial score (nSPS) is 20.5. The van der Waals surface area contributed by atoms with Crippen LogP contribution in [0.25, 0.3) is 0 Å². The van der Waals surface area contributed by atoms with Crippen LogP contribution in [0.4, 0.5) is 0 Å². The van der Waals surface area contributed by atoms with E-state index < -0.39 is 6.10 Å². The Labute approximate surface area is 92.0 Å². The SMILES string of the molecule is CC1Oc2ccc(Cl)cc2C(=O)CC1=O. The summed E-state index contributed by atoms with van der Waals surface area (Å²) in [6, 6.07) is 4.78. The lowest BCUT2D eigenvalue weighted by Crippen LogP contribution is -2.22. The van der Waals surface area contributed by atoms with Gasteiger partial charge in [0.2, 0.25) is 0 Å². The summed E-state index contributed by atoms with van der Waals surface area (Å²) in [6.45, 7) is 1.64. The first kappa shape index (κ1) is 10.2. The van der Waals surface area contributed by atoms with Gasteiger partial charge >= 0.3 is 0 Å². The molecule has 15 heavy (non-hydrogen) atoms. The Morgan fingerprint density at radius 3 is 2.87 bits per heavy atom. The van der Waals surface area contributed by atoms with Crippen molar-refractivity contribution in [2.24, 2.45) is 0 Å². The van der Waals surface area contributed by atoms with Crippen LogP contribution in [0.1, 0.15) is 23.7 Å². The first-order valence-electron chi connectivity index (χ1n) is 4.60. The fourth-order valence-corrected chi connectivity index (χ4v) is 1.65. The van der Waals surface area contributed by atoms with E-state index in [0.29, 0.717) is 16.3 Å². The van der Waals surface area contributed by atoms with Gasteiger partial charge in [0, 0.05) is 5.02 Å². The third-order valence-electron chi connectivity index (χ3n) is 2.33. The number of hydrogen-bond acceptors (Lipinski definition) is 3. The van der Waals surface area contributed by atoms with Crippen molar-refractivity contribution in [3.63, 3.8) is 0 Å². The van der Waals surface area contributed by atoms with E-state index in [1.54, 1.807) is 19.1 Å². The molecule has 0 saturated heterocycles. The second-order valence-corrected chi connectivity index (χ2v) is 3.90. The maximum atomic E-state index is 11.7. The minimum Gasteiger partial charge on any atom is -0.482 e. The minimum atomic E-state index is -0.573. The maximum Gasteiger partial charge on any atom is 0.180 e. The van der Waals surface area contributed by atoms with E-state index in [-0.39, 0.29) is 18.0 Å². The highest BCUT2D eigenvalue weighted by atomic mass is 35.5. The monoisotopic (exact) mass is 224 g/mol. The molecule has 0 radical (unpaired) electrons. The summed E-state index contributed by atoms with van der Waals surface area (Å²) in [5.74, 6) is -0.00285. The summed E-state index contributed by atoms with van der Waals surface area (Å²) < 4.78 is 5.37. The Hall–Kier alpha value is -1.35. The molecule has 4 heteroatoms. The summed E-state index contributed by atoms with van der Waals surface area (Å²) in [4.78, 5) is 23.1. The van der Waals surface area contributed by atoms with E-state index in [4.69, 9.17) is 16.3 Å². The molecule has 3 nitrogen and oxygen atoms in total. The number of benzene rings is 1. The molecule has 2 rings (SSSR count). The standard InChI is InChI=1S/C11H9ClO3/c1-6-9(13)5-10(14)8-4-7(12)2-3-11(8)15-6/h2-4,6H,5H2,1H3. The van der Waals surface area contributed by atoms with E-state index in [1.165, 1.54) is 6.07 Å². The molecular formula is C11H9ClO3. The fourth-order valence-electron chi connectivity index (χ4n) is 1.48. The van der Waals surface area contributed by atoms with Gasteiger partial charge in [-0.2, -0.15) is 0 Å². The average molecular weight is 225 g/mol. The molecule has 78 valence electrons. The van der Waals surface area contributed by atoms with Gasteiger partial charge in [-0.25, -0.2) is 0 Å². The molecular weight excluding hydrogens is 216 g/mol. The summed E-state index contributed by atoms with van der Waals surface area (Å²) in [5, 5.41) is 0.465. The Morgan fingerprint density at radius 2 is 2.13 bits per heavy atom. The van der Waals surface area contributed by atoms with Crippen molar-refractivity contribution in [3.05, 3.63) is 28.8 Å². The molecule has 1 unspecified atom stereocenters. The molecule has 0 N–H and O–H groups in total. The van der Waals surface area contributed by atoms with Gasteiger partial charge in [-0.05, 0) is 25.1 Å². The molecule has 0 amide bonds. The predicted molar refractivity (Wildman–Crippen MR) is 55.5 cm³/mol. The van der Waals surface area contributed by atoms with Crippen LogP contribution in [0, 0.1) is 0 Å². The van der Waals surface area contributed by atoms with Gasteiger partial charge in [-0.3, -0.25) is 9.59 Å². The van der Waals surface area contributed by atoms with Gasteiger partial charge in [0.05, 0.1) is 12.0 Å². The lowest BCUT2D eigenvalue weighted by Gasteiger charge is -2.10. The number of halogens is 1. The number of carbonyl (C=O) groups is 2. The highest BCUT2D eigenvalue weighted by Crippen LogP contribution is 2.27. The van der Waals surface area contributed by atoms with Crippen molar-refractivity contribution in [1.82, 2.24) is 0 Å². The van der Waals surface area contributed by atoms with Crippen LogP contribution >= 0.6 is 11.6 Å². The second kappa shape index (κ2) is 3.66. The second-order valence-electron chi connectivity index (χ2n) is 3.47. The van der Waals surface area contributed by atoms with Crippen LogP contribution in [0.3, 0.4) is 0 Å². The number of hydrogen-bond donors (Lipinski definition) is 0. The van der Waals surface area contributed by atoms with Crippen LogP contribution in [0.5, 0.6) is 5.75 Å². The Morgan fingerprint density at radius 1 is 1.40 bits per heavy atom. The van der Waals surface area contributed by atoms with Crippen molar-refractivity contribution in [2.75, 3.05) is 0 Å².